The van der Waals surface area contributed by atoms with Crippen molar-refractivity contribution in [2.24, 2.45) is 0 Å². The van der Waals surface area contributed by atoms with Crippen molar-refractivity contribution < 1.29 is 0 Å². The Morgan fingerprint density at radius 2 is 1.19 bits per heavy atom. The molecule has 1 nitrogen and oxygen atoms in total. The molecule has 0 bridgehead atoms. The van der Waals surface area contributed by atoms with Crippen molar-refractivity contribution in [2.75, 3.05) is 0 Å². The first-order valence-corrected chi connectivity index (χ1v) is 8.38. The summed E-state index contributed by atoms with van der Waals surface area (Å²) in [5.41, 5.74) is 5.75. The van der Waals surface area contributed by atoms with Crippen LogP contribution in [0.2, 0.25) is 0 Å². The number of rotatable bonds is 2. The molecule has 4 rings (SSSR count). The molecule has 0 aliphatic heterocycles. The molecule has 2 aromatic carbocycles. The SMILES string of the molecule is c1ccc2c(c1)-c1ccccc1C2NC1CCCCCC1. The van der Waals surface area contributed by atoms with Gasteiger partial charge in [-0.15, -0.1) is 0 Å². The van der Waals surface area contributed by atoms with E-state index in [2.05, 4.69) is 53.8 Å². The van der Waals surface area contributed by atoms with E-state index in [4.69, 9.17) is 0 Å². The maximum absolute atomic E-state index is 3.97. The summed E-state index contributed by atoms with van der Waals surface area (Å²) >= 11 is 0. The van der Waals surface area contributed by atoms with Crippen molar-refractivity contribution in [3.05, 3.63) is 59.7 Å². The van der Waals surface area contributed by atoms with Crippen LogP contribution in [0.1, 0.15) is 55.7 Å². The minimum absolute atomic E-state index is 0.389. The number of hydrogen-bond acceptors (Lipinski definition) is 1. The maximum Gasteiger partial charge on any atom is 0.0591 e. The highest BCUT2D eigenvalue weighted by Crippen LogP contribution is 2.43. The number of nitrogens with one attached hydrogen (secondary N) is 1. The Labute approximate surface area is 127 Å². The third-order valence-corrected chi connectivity index (χ3v) is 5.09. The predicted molar refractivity (Wildman–Crippen MR) is 88.3 cm³/mol. The van der Waals surface area contributed by atoms with Crippen molar-refractivity contribution >= 4 is 0 Å². The quantitative estimate of drug-likeness (QED) is 0.756. The molecule has 1 fully saturated rings. The Balaban J connectivity index is 1.68. The van der Waals surface area contributed by atoms with Crippen LogP contribution >= 0.6 is 0 Å². The van der Waals surface area contributed by atoms with Gasteiger partial charge in [0.25, 0.3) is 0 Å². The van der Waals surface area contributed by atoms with Gasteiger partial charge in [0.1, 0.15) is 0 Å². The first kappa shape index (κ1) is 13.1. The Morgan fingerprint density at radius 3 is 1.76 bits per heavy atom. The zero-order valence-electron chi connectivity index (χ0n) is 12.5. The van der Waals surface area contributed by atoms with Crippen molar-refractivity contribution in [1.29, 1.82) is 0 Å². The minimum Gasteiger partial charge on any atom is -0.303 e. The molecule has 0 radical (unpaired) electrons. The molecule has 2 aliphatic carbocycles. The van der Waals surface area contributed by atoms with Gasteiger partial charge in [-0.25, -0.2) is 0 Å². The molecule has 1 saturated carbocycles. The second kappa shape index (κ2) is 5.65. The maximum atomic E-state index is 3.97. The first-order valence-electron chi connectivity index (χ1n) is 8.38. The smallest absolute Gasteiger partial charge is 0.0591 e. The molecular weight excluding hydrogens is 254 g/mol. The van der Waals surface area contributed by atoms with Crippen LogP contribution in [-0.4, -0.2) is 6.04 Å². The first-order chi connectivity index (χ1) is 10.4. The molecule has 0 atom stereocenters. The van der Waals surface area contributed by atoms with E-state index in [1.165, 1.54) is 60.8 Å². The highest BCUT2D eigenvalue weighted by atomic mass is 15.0. The average Bonchev–Trinajstić information content (AvgIpc) is 2.68. The predicted octanol–water partition coefficient (Wildman–Crippen LogP) is 5.07. The molecule has 0 heterocycles. The fourth-order valence-corrected chi connectivity index (χ4v) is 4.02. The van der Waals surface area contributed by atoms with Gasteiger partial charge in [-0.2, -0.15) is 0 Å². The standard InChI is InChI=1S/C20H23N/c1-2-4-10-15(9-3-1)21-20-18-13-7-5-11-16(18)17-12-6-8-14-19(17)20/h5-8,11-15,20-21H,1-4,9-10H2. The molecule has 0 unspecified atom stereocenters. The summed E-state index contributed by atoms with van der Waals surface area (Å²) in [4.78, 5) is 0. The summed E-state index contributed by atoms with van der Waals surface area (Å²) < 4.78 is 0. The fraction of sp³-hybridized carbons (Fsp3) is 0.400. The van der Waals surface area contributed by atoms with E-state index >= 15 is 0 Å². The van der Waals surface area contributed by atoms with Crippen molar-refractivity contribution in [3.8, 4) is 11.1 Å². The second-order valence-corrected chi connectivity index (χ2v) is 6.46. The molecule has 0 saturated heterocycles. The van der Waals surface area contributed by atoms with E-state index in [1.54, 1.807) is 0 Å². The highest BCUT2D eigenvalue weighted by Gasteiger charge is 2.29. The largest absolute Gasteiger partial charge is 0.303 e. The van der Waals surface area contributed by atoms with Crippen molar-refractivity contribution in [3.63, 3.8) is 0 Å². The van der Waals surface area contributed by atoms with Crippen LogP contribution in [0, 0.1) is 0 Å². The van der Waals surface area contributed by atoms with Gasteiger partial charge in [-0.05, 0) is 35.1 Å². The average molecular weight is 277 g/mol. The lowest BCUT2D eigenvalue weighted by atomic mass is 10.0. The van der Waals surface area contributed by atoms with Gasteiger partial charge in [-0.3, -0.25) is 0 Å². The fourth-order valence-electron chi connectivity index (χ4n) is 4.02. The van der Waals surface area contributed by atoms with Crippen molar-refractivity contribution in [1.82, 2.24) is 5.32 Å². The van der Waals surface area contributed by atoms with Gasteiger partial charge in [-0.1, -0.05) is 74.2 Å². The van der Waals surface area contributed by atoms with E-state index in [0.29, 0.717) is 12.1 Å². The Bertz CT molecular complexity index is 578. The van der Waals surface area contributed by atoms with Crippen LogP contribution in [-0.2, 0) is 0 Å². The third-order valence-electron chi connectivity index (χ3n) is 5.09. The molecule has 1 N–H and O–H groups in total. The summed E-state index contributed by atoms with van der Waals surface area (Å²) in [6.07, 6.45) is 8.26. The van der Waals surface area contributed by atoms with Crippen LogP contribution in [0.15, 0.2) is 48.5 Å². The van der Waals surface area contributed by atoms with Crippen LogP contribution in [0.4, 0.5) is 0 Å². The molecule has 1 heteroatoms. The molecule has 21 heavy (non-hydrogen) atoms. The third kappa shape index (κ3) is 2.40. The van der Waals surface area contributed by atoms with E-state index in [0.717, 1.165) is 0 Å². The van der Waals surface area contributed by atoms with Crippen LogP contribution in [0.5, 0.6) is 0 Å². The van der Waals surface area contributed by atoms with Crippen molar-refractivity contribution in [2.45, 2.75) is 50.6 Å². The van der Waals surface area contributed by atoms with Gasteiger partial charge in [0.2, 0.25) is 0 Å². The van der Waals surface area contributed by atoms with Gasteiger partial charge in [0, 0.05) is 6.04 Å². The molecule has 0 amide bonds. The summed E-state index contributed by atoms with van der Waals surface area (Å²) in [5.74, 6) is 0. The normalized spacial score (nSPS) is 19.0. The second-order valence-electron chi connectivity index (χ2n) is 6.46. The number of hydrogen-bond donors (Lipinski definition) is 1. The lowest BCUT2D eigenvalue weighted by Gasteiger charge is -2.23. The van der Waals surface area contributed by atoms with Gasteiger partial charge >= 0.3 is 0 Å². The Kier molecular flexibility index (Phi) is 3.52. The minimum atomic E-state index is 0.389. The Morgan fingerprint density at radius 1 is 0.667 bits per heavy atom. The molecule has 0 aromatic heterocycles. The van der Waals surface area contributed by atoms with E-state index in [1.807, 2.05) is 0 Å². The zero-order valence-corrected chi connectivity index (χ0v) is 12.5. The van der Waals surface area contributed by atoms with Crippen LogP contribution < -0.4 is 5.32 Å². The summed E-state index contributed by atoms with van der Waals surface area (Å²) in [7, 11) is 0. The zero-order chi connectivity index (χ0) is 14.1. The monoisotopic (exact) mass is 277 g/mol. The molecular formula is C20H23N. The summed E-state index contributed by atoms with van der Waals surface area (Å²) in [6, 6.07) is 18.9. The van der Waals surface area contributed by atoms with E-state index in [9.17, 15) is 0 Å². The van der Waals surface area contributed by atoms with Gasteiger partial charge in [0.05, 0.1) is 6.04 Å². The van der Waals surface area contributed by atoms with Crippen LogP contribution in [0.3, 0.4) is 0 Å². The van der Waals surface area contributed by atoms with Gasteiger partial charge in [0.15, 0.2) is 0 Å². The molecule has 0 spiro atoms. The van der Waals surface area contributed by atoms with Crippen LogP contribution in [0.25, 0.3) is 11.1 Å². The number of fused-ring (bicyclic) bond motifs is 3. The lowest BCUT2D eigenvalue weighted by molar-refractivity contribution is 0.431. The van der Waals surface area contributed by atoms with E-state index in [-0.39, 0.29) is 0 Å². The topological polar surface area (TPSA) is 12.0 Å². The lowest BCUT2D eigenvalue weighted by Crippen LogP contribution is -2.32. The molecule has 2 aromatic rings. The van der Waals surface area contributed by atoms with Gasteiger partial charge < -0.3 is 5.32 Å². The number of benzene rings is 2. The summed E-state index contributed by atoms with van der Waals surface area (Å²) in [6.45, 7) is 0. The molecule has 2 aliphatic rings. The van der Waals surface area contributed by atoms with E-state index < -0.39 is 0 Å². The Hall–Kier alpha value is -1.60. The summed E-state index contributed by atoms with van der Waals surface area (Å²) in [5, 5.41) is 3.97. The molecule has 108 valence electrons. The highest BCUT2D eigenvalue weighted by molar-refractivity contribution is 5.78.